The molecule has 0 fully saturated rings. The number of hydrogen-bond acceptors (Lipinski definition) is 11. The molecular formula is C30H27N3O9S. The first-order chi connectivity index (χ1) is 20.7. The molecule has 0 bridgehead atoms. The summed E-state index contributed by atoms with van der Waals surface area (Å²) in [5.74, 6) is 1.21. The third-order valence-corrected chi connectivity index (χ3v) is 7.79. The van der Waals surface area contributed by atoms with E-state index in [9.17, 15) is 19.7 Å². The zero-order valence-electron chi connectivity index (χ0n) is 23.9. The van der Waals surface area contributed by atoms with Crippen LogP contribution in [0.25, 0.3) is 17.4 Å². The number of furan rings is 1. The topological polar surface area (TPSA) is 145 Å². The first-order valence-corrected chi connectivity index (χ1v) is 13.9. The van der Waals surface area contributed by atoms with Gasteiger partial charge in [-0.1, -0.05) is 17.4 Å². The highest BCUT2D eigenvalue weighted by molar-refractivity contribution is 7.07. The summed E-state index contributed by atoms with van der Waals surface area (Å²) in [6.07, 6.45) is 1.54. The van der Waals surface area contributed by atoms with E-state index < -0.39 is 22.5 Å². The van der Waals surface area contributed by atoms with Crippen LogP contribution < -0.4 is 29.1 Å². The van der Waals surface area contributed by atoms with Gasteiger partial charge in [0.1, 0.15) is 17.3 Å². The van der Waals surface area contributed by atoms with Crippen molar-refractivity contribution < 1.29 is 33.1 Å². The zero-order valence-corrected chi connectivity index (χ0v) is 24.7. The van der Waals surface area contributed by atoms with E-state index in [0.29, 0.717) is 39.1 Å². The predicted molar refractivity (Wildman–Crippen MR) is 157 cm³/mol. The largest absolute Gasteiger partial charge is 0.497 e. The molecule has 1 aliphatic rings. The smallest absolute Gasteiger partial charge is 0.338 e. The summed E-state index contributed by atoms with van der Waals surface area (Å²) in [6.45, 7) is 3.54. The number of fused-ring (bicyclic) bond motifs is 1. The van der Waals surface area contributed by atoms with Crippen molar-refractivity contribution in [3.8, 4) is 28.6 Å². The van der Waals surface area contributed by atoms with E-state index in [1.807, 2.05) is 0 Å². The lowest BCUT2D eigenvalue weighted by molar-refractivity contribution is -0.384. The number of nitrogens with zero attached hydrogens (tertiary/aromatic N) is 3. The Bertz CT molecular complexity index is 1950. The number of carbonyl (C=O) groups is 1. The Hall–Kier alpha value is -5.17. The number of carbonyl (C=O) groups excluding carboxylic acids is 1. The van der Waals surface area contributed by atoms with Crippen LogP contribution in [0.15, 0.2) is 74.0 Å². The van der Waals surface area contributed by atoms with Crippen LogP contribution >= 0.6 is 11.3 Å². The van der Waals surface area contributed by atoms with Gasteiger partial charge in [-0.3, -0.25) is 19.5 Å². The van der Waals surface area contributed by atoms with Crippen molar-refractivity contribution in [2.75, 3.05) is 27.9 Å². The van der Waals surface area contributed by atoms with Gasteiger partial charge in [-0.05, 0) is 55.8 Å². The minimum atomic E-state index is -0.855. The van der Waals surface area contributed by atoms with E-state index in [4.69, 9.17) is 23.4 Å². The molecule has 0 unspecified atom stereocenters. The summed E-state index contributed by atoms with van der Waals surface area (Å²) in [7, 11) is 4.44. The van der Waals surface area contributed by atoms with Crippen molar-refractivity contribution in [3.63, 3.8) is 0 Å². The molecule has 5 rings (SSSR count). The van der Waals surface area contributed by atoms with Crippen LogP contribution in [0.4, 0.5) is 5.69 Å². The summed E-state index contributed by atoms with van der Waals surface area (Å²) < 4.78 is 28.9. The van der Waals surface area contributed by atoms with E-state index in [1.54, 1.807) is 50.2 Å². The summed E-state index contributed by atoms with van der Waals surface area (Å²) >= 11 is 1.12. The van der Waals surface area contributed by atoms with Crippen LogP contribution in [0.3, 0.4) is 0 Å². The first-order valence-electron chi connectivity index (χ1n) is 13.0. The third-order valence-electron chi connectivity index (χ3n) is 6.81. The monoisotopic (exact) mass is 605 g/mol. The van der Waals surface area contributed by atoms with Crippen molar-refractivity contribution in [2.45, 2.75) is 19.9 Å². The SMILES string of the molecule is CCOC(=O)C1=C(C)N=c2s/c(=C\c3ccc(-c4ccc(OC)cc4[N+](=O)[O-])o3)c(=O)n2[C@H]1c1ccc(OC)c(OC)c1. The summed E-state index contributed by atoms with van der Waals surface area (Å²) in [5, 5.41) is 11.7. The van der Waals surface area contributed by atoms with Crippen molar-refractivity contribution in [2.24, 2.45) is 4.99 Å². The predicted octanol–water partition coefficient (Wildman–Crippen LogP) is 3.99. The maximum Gasteiger partial charge on any atom is 0.338 e. The average Bonchev–Trinajstić information content (AvgIpc) is 3.59. The van der Waals surface area contributed by atoms with Crippen LogP contribution in [-0.4, -0.2) is 43.4 Å². The van der Waals surface area contributed by atoms with Gasteiger partial charge in [-0.25, -0.2) is 9.79 Å². The second-order valence-electron chi connectivity index (χ2n) is 9.26. The number of thiazole rings is 1. The number of nitro groups is 1. The molecule has 0 saturated carbocycles. The molecule has 2 aromatic heterocycles. The quantitative estimate of drug-likeness (QED) is 0.157. The molecule has 0 amide bonds. The molecule has 0 N–H and O–H groups in total. The molecule has 0 spiro atoms. The normalized spacial score (nSPS) is 14.6. The van der Waals surface area contributed by atoms with Crippen LogP contribution in [0.1, 0.15) is 31.2 Å². The number of rotatable bonds is 9. The van der Waals surface area contributed by atoms with E-state index in [2.05, 4.69) is 4.99 Å². The number of hydrogen-bond donors (Lipinski definition) is 0. The van der Waals surface area contributed by atoms with E-state index in [1.165, 1.54) is 44.1 Å². The lowest BCUT2D eigenvalue weighted by atomic mass is 9.95. The van der Waals surface area contributed by atoms with E-state index in [0.717, 1.165) is 11.3 Å². The van der Waals surface area contributed by atoms with Crippen molar-refractivity contribution in [1.29, 1.82) is 0 Å². The number of ether oxygens (including phenoxy) is 4. The van der Waals surface area contributed by atoms with Gasteiger partial charge in [-0.2, -0.15) is 0 Å². The van der Waals surface area contributed by atoms with Gasteiger partial charge in [0.25, 0.3) is 11.2 Å². The molecule has 4 aromatic rings. The molecule has 222 valence electrons. The zero-order chi connectivity index (χ0) is 30.8. The molecule has 43 heavy (non-hydrogen) atoms. The van der Waals surface area contributed by atoms with Gasteiger partial charge in [0, 0.05) is 6.08 Å². The highest BCUT2D eigenvalue weighted by Crippen LogP contribution is 2.37. The molecule has 12 nitrogen and oxygen atoms in total. The Kier molecular flexibility index (Phi) is 8.17. The third kappa shape index (κ3) is 5.42. The van der Waals surface area contributed by atoms with Crippen LogP contribution in [0.2, 0.25) is 0 Å². The highest BCUT2D eigenvalue weighted by Gasteiger charge is 2.34. The molecule has 1 atom stereocenters. The minimum Gasteiger partial charge on any atom is -0.497 e. The van der Waals surface area contributed by atoms with Crippen molar-refractivity contribution in [1.82, 2.24) is 4.57 Å². The second-order valence-corrected chi connectivity index (χ2v) is 10.3. The number of benzene rings is 2. The van der Waals surface area contributed by atoms with Gasteiger partial charge in [0.15, 0.2) is 16.3 Å². The summed E-state index contributed by atoms with van der Waals surface area (Å²) in [6, 6.07) is 12.0. The number of allylic oxidation sites excluding steroid dienone is 1. The molecular weight excluding hydrogens is 578 g/mol. The van der Waals surface area contributed by atoms with Gasteiger partial charge in [0.05, 0.1) is 66.3 Å². The average molecular weight is 606 g/mol. The van der Waals surface area contributed by atoms with Crippen LogP contribution in [-0.2, 0) is 9.53 Å². The van der Waals surface area contributed by atoms with E-state index in [-0.39, 0.29) is 33.7 Å². The number of aromatic nitrogens is 1. The fourth-order valence-electron chi connectivity index (χ4n) is 4.83. The summed E-state index contributed by atoms with van der Waals surface area (Å²) in [5.41, 5.74) is 0.894. The van der Waals surface area contributed by atoms with Gasteiger partial charge >= 0.3 is 5.97 Å². The molecule has 1 aliphatic heterocycles. The van der Waals surface area contributed by atoms with Crippen molar-refractivity contribution >= 4 is 29.1 Å². The fourth-order valence-corrected chi connectivity index (χ4v) is 5.86. The molecule has 0 radical (unpaired) electrons. The highest BCUT2D eigenvalue weighted by atomic mass is 32.1. The molecule has 2 aromatic carbocycles. The Labute approximate surface area is 248 Å². The minimum absolute atomic E-state index is 0.145. The summed E-state index contributed by atoms with van der Waals surface area (Å²) in [4.78, 5) is 43.2. The fraction of sp³-hybridized carbons (Fsp3) is 0.233. The maximum atomic E-state index is 13.9. The van der Waals surface area contributed by atoms with Crippen LogP contribution in [0.5, 0.6) is 17.2 Å². The first kappa shape index (κ1) is 29.3. The Balaban J connectivity index is 1.64. The van der Waals surface area contributed by atoms with Gasteiger partial charge in [-0.15, -0.1) is 0 Å². The second kappa shape index (κ2) is 12.0. The van der Waals surface area contributed by atoms with Gasteiger partial charge < -0.3 is 23.4 Å². The van der Waals surface area contributed by atoms with Crippen molar-refractivity contribution in [3.05, 3.63) is 101 Å². The van der Waals surface area contributed by atoms with E-state index >= 15 is 0 Å². The molecule has 3 heterocycles. The Morgan fingerprint density at radius 2 is 1.86 bits per heavy atom. The Morgan fingerprint density at radius 3 is 2.53 bits per heavy atom. The number of methoxy groups -OCH3 is 3. The molecule has 13 heteroatoms. The molecule has 0 saturated heterocycles. The Morgan fingerprint density at radius 1 is 1.09 bits per heavy atom. The maximum absolute atomic E-state index is 13.9. The number of esters is 1. The van der Waals surface area contributed by atoms with Crippen LogP contribution in [0, 0.1) is 10.1 Å². The lowest BCUT2D eigenvalue weighted by Crippen LogP contribution is -2.39. The standard InChI is InChI=1S/C30H27N3O9S/c1-6-41-29(35)26-16(2)31-30-32(27(26)17-7-11-23(39-4)24(13-17)40-5)28(34)25(43-30)15-19-9-12-22(42-19)20-10-8-18(38-3)14-21(20)33(36)37/h7-15,27H,6H2,1-5H3/b25-15-/t27-/m0/s1. The number of nitro benzene ring substituents is 1. The molecule has 0 aliphatic carbocycles. The van der Waals surface area contributed by atoms with Gasteiger partial charge in [0.2, 0.25) is 0 Å². The lowest BCUT2D eigenvalue weighted by Gasteiger charge is -2.25.